The number of fused-ring (bicyclic) bond motifs is 1. The molecule has 0 saturated heterocycles. The van der Waals surface area contributed by atoms with E-state index in [0.29, 0.717) is 17.6 Å². The molecule has 3 aromatic carbocycles. The summed E-state index contributed by atoms with van der Waals surface area (Å²) in [5.74, 6) is 0.642. The van der Waals surface area contributed by atoms with Gasteiger partial charge in [0.2, 0.25) is 0 Å². The maximum absolute atomic E-state index is 13.3. The lowest BCUT2D eigenvalue weighted by Gasteiger charge is -2.23. The van der Waals surface area contributed by atoms with Crippen LogP contribution in [-0.2, 0) is 6.54 Å². The summed E-state index contributed by atoms with van der Waals surface area (Å²) in [6.45, 7) is 0.461. The molecule has 0 fully saturated rings. The largest absolute Gasteiger partial charge is 0.497 e. The Bertz CT molecular complexity index is 1060. The number of carbonyl (C=O) groups excluding carboxylic acids is 1. The standard InChI is InChI=1S/C21H18N4O2/c1-27-18-10-8-17(9-11-18)25(14-15-5-3-2-4-6-15)21(26)16-7-12-19-20(13-16)23-24-22-19/h2-13H,14H2,1H3,(H,22,23,24). The Hall–Kier alpha value is -3.67. The third-order valence-electron chi connectivity index (χ3n) is 4.38. The second kappa shape index (κ2) is 7.29. The van der Waals surface area contributed by atoms with Crippen LogP contribution in [0.3, 0.4) is 0 Å². The fourth-order valence-corrected chi connectivity index (χ4v) is 2.94. The zero-order valence-electron chi connectivity index (χ0n) is 14.8. The number of carbonyl (C=O) groups is 1. The van der Waals surface area contributed by atoms with Crippen LogP contribution in [0.1, 0.15) is 15.9 Å². The van der Waals surface area contributed by atoms with E-state index in [-0.39, 0.29) is 5.91 Å². The van der Waals surface area contributed by atoms with Crippen LogP contribution in [0, 0.1) is 0 Å². The van der Waals surface area contributed by atoms with Crippen LogP contribution in [0.15, 0.2) is 72.8 Å². The minimum Gasteiger partial charge on any atom is -0.497 e. The van der Waals surface area contributed by atoms with E-state index < -0.39 is 0 Å². The zero-order chi connectivity index (χ0) is 18.6. The van der Waals surface area contributed by atoms with Gasteiger partial charge in [-0.25, -0.2) is 0 Å². The van der Waals surface area contributed by atoms with Gasteiger partial charge in [0.1, 0.15) is 16.8 Å². The number of benzene rings is 3. The van der Waals surface area contributed by atoms with Crippen molar-refractivity contribution in [2.24, 2.45) is 0 Å². The van der Waals surface area contributed by atoms with E-state index in [1.165, 1.54) is 0 Å². The highest BCUT2D eigenvalue weighted by molar-refractivity contribution is 6.07. The van der Waals surface area contributed by atoms with Gasteiger partial charge in [-0.05, 0) is 48.0 Å². The molecular formula is C21H18N4O2. The molecule has 0 bridgehead atoms. The van der Waals surface area contributed by atoms with Crippen molar-refractivity contribution in [3.8, 4) is 5.75 Å². The SMILES string of the molecule is COc1ccc(N(Cc2ccccc2)C(=O)c2ccc3n[nH]nc3c2)cc1. The van der Waals surface area contributed by atoms with Crippen LogP contribution in [0.5, 0.6) is 5.75 Å². The van der Waals surface area contributed by atoms with Crippen molar-refractivity contribution in [2.45, 2.75) is 6.54 Å². The number of hydrogen-bond acceptors (Lipinski definition) is 4. The topological polar surface area (TPSA) is 71.1 Å². The summed E-state index contributed by atoms with van der Waals surface area (Å²) >= 11 is 0. The van der Waals surface area contributed by atoms with E-state index in [0.717, 1.165) is 22.5 Å². The summed E-state index contributed by atoms with van der Waals surface area (Å²) in [4.78, 5) is 15.1. The number of aromatic nitrogens is 3. The van der Waals surface area contributed by atoms with E-state index in [1.807, 2.05) is 54.6 Å². The Kier molecular flexibility index (Phi) is 4.53. The first-order valence-electron chi connectivity index (χ1n) is 8.55. The molecule has 6 heteroatoms. The third kappa shape index (κ3) is 3.50. The van der Waals surface area contributed by atoms with Crippen molar-refractivity contribution in [1.82, 2.24) is 15.4 Å². The normalized spacial score (nSPS) is 10.7. The van der Waals surface area contributed by atoms with Gasteiger partial charge >= 0.3 is 0 Å². The van der Waals surface area contributed by atoms with E-state index in [1.54, 1.807) is 30.2 Å². The first-order valence-corrected chi connectivity index (χ1v) is 8.55. The van der Waals surface area contributed by atoms with Gasteiger partial charge in [0.25, 0.3) is 5.91 Å². The fraction of sp³-hybridized carbons (Fsp3) is 0.0952. The lowest BCUT2D eigenvalue weighted by molar-refractivity contribution is 0.0985. The molecule has 0 spiro atoms. The van der Waals surface area contributed by atoms with Crippen LogP contribution in [0.25, 0.3) is 11.0 Å². The van der Waals surface area contributed by atoms with Crippen LogP contribution in [0.4, 0.5) is 5.69 Å². The van der Waals surface area contributed by atoms with Gasteiger partial charge in [-0.15, -0.1) is 0 Å². The average molecular weight is 358 g/mol. The Balaban J connectivity index is 1.71. The first kappa shape index (κ1) is 16.8. The number of nitrogens with one attached hydrogen (secondary N) is 1. The number of hydrogen-bond donors (Lipinski definition) is 1. The van der Waals surface area contributed by atoms with Crippen LogP contribution < -0.4 is 9.64 Å². The molecule has 1 amide bonds. The quantitative estimate of drug-likeness (QED) is 0.589. The number of rotatable bonds is 5. The predicted octanol–water partition coefficient (Wildman–Crippen LogP) is 3.81. The molecule has 0 unspecified atom stereocenters. The average Bonchev–Trinajstić information content (AvgIpc) is 3.20. The van der Waals surface area contributed by atoms with Crippen LogP contribution in [-0.4, -0.2) is 28.4 Å². The van der Waals surface area contributed by atoms with E-state index >= 15 is 0 Å². The molecule has 0 atom stereocenters. The molecule has 134 valence electrons. The molecular weight excluding hydrogens is 340 g/mol. The maximum Gasteiger partial charge on any atom is 0.258 e. The molecule has 0 aliphatic heterocycles. The number of ether oxygens (including phenoxy) is 1. The van der Waals surface area contributed by atoms with E-state index in [4.69, 9.17) is 4.74 Å². The summed E-state index contributed by atoms with van der Waals surface area (Å²) in [7, 11) is 1.62. The van der Waals surface area contributed by atoms with E-state index in [2.05, 4.69) is 15.4 Å². The number of aromatic amines is 1. The second-order valence-electron chi connectivity index (χ2n) is 6.10. The van der Waals surface area contributed by atoms with Crippen molar-refractivity contribution in [1.29, 1.82) is 0 Å². The van der Waals surface area contributed by atoms with Crippen molar-refractivity contribution < 1.29 is 9.53 Å². The van der Waals surface area contributed by atoms with Gasteiger partial charge in [0.15, 0.2) is 0 Å². The maximum atomic E-state index is 13.3. The van der Waals surface area contributed by atoms with Crippen molar-refractivity contribution >= 4 is 22.6 Å². The molecule has 1 heterocycles. The highest BCUT2D eigenvalue weighted by atomic mass is 16.5. The van der Waals surface area contributed by atoms with Crippen molar-refractivity contribution in [2.75, 3.05) is 12.0 Å². The third-order valence-corrected chi connectivity index (χ3v) is 4.38. The van der Waals surface area contributed by atoms with Gasteiger partial charge in [0.05, 0.1) is 13.7 Å². The summed E-state index contributed by atoms with van der Waals surface area (Å²) < 4.78 is 5.23. The number of anilines is 1. The molecule has 4 rings (SSSR count). The van der Waals surface area contributed by atoms with Gasteiger partial charge in [0, 0.05) is 11.3 Å². The minimum absolute atomic E-state index is 0.103. The van der Waals surface area contributed by atoms with Crippen molar-refractivity contribution in [3.63, 3.8) is 0 Å². The van der Waals surface area contributed by atoms with Crippen LogP contribution in [0.2, 0.25) is 0 Å². The molecule has 0 aliphatic rings. The van der Waals surface area contributed by atoms with Gasteiger partial charge in [-0.3, -0.25) is 4.79 Å². The Morgan fingerprint density at radius 2 is 1.70 bits per heavy atom. The van der Waals surface area contributed by atoms with Crippen molar-refractivity contribution in [3.05, 3.63) is 83.9 Å². The van der Waals surface area contributed by atoms with Gasteiger partial charge < -0.3 is 9.64 Å². The monoisotopic (exact) mass is 358 g/mol. The van der Waals surface area contributed by atoms with Gasteiger partial charge in [-0.1, -0.05) is 30.3 Å². The molecule has 0 radical (unpaired) electrons. The highest BCUT2D eigenvalue weighted by Gasteiger charge is 2.19. The van der Waals surface area contributed by atoms with Gasteiger partial charge in [-0.2, -0.15) is 15.4 Å². The lowest BCUT2D eigenvalue weighted by atomic mass is 10.1. The molecule has 1 N–H and O–H groups in total. The Morgan fingerprint density at radius 1 is 0.963 bits per heavy atom. The fourth-order valence-electron chi connectivity index (χ4n) is 2.94. The molecule has 0 saturated carbocycles. The number of H-pyrrole nitrogens is 1. The second-order valence-corrected chi connectivity index (χ2v) is 6.10. The minimum atomic E-state index is -0.103. The van der Waals surface area contributed by atoms with E-state index in [9.17, 15) is 4.79 Å². The molecule has 4 aromatic rings. The Morgan fingerprint density at radius 3 is 2.44 bits per heavy atom. The first-order chi connectivity index (χ1) is 13.2. The molecule has 1 aromatic heterocycles. The smallest absolute Gasteiger partial charge is 0.258 e. The van der Waals surface area contributed by atoms with Crippen LogP contribution >= 0.6 is 0 Å². The predicted molar refractivity (Wildman–Crippen MR) is 104 cm³/mol. The Labute approximate surface area is 156 Å². The summed E-state index contributed by atoms with van der Waals surface area (Å²) in [6.07, 6.45) is 0. The number of methoxy groups -OCH3 is 1. The summed E-state index contributed by atoms with van der Waals surface area (Å²) in [5, 5.41) is 10.7. The number of nitrogens with zero attached hydrogens (tertiary/aromatic N) is 3. The zero-order valence-corrected chi connectivity index (χ0v) is 14.8. The molecule has 27 heavy (non-hydrogen) atoms. The molecule has 0 aliphatic carbocycles. The molecule has 6 nitrogen and oxygen atoms in total. The summed E-state index contributed by atoms with van der Waals surface area (Å²) in [5.41, 5.74) is 3.79. The lowest BCUT2D eigenvalue weighted by Crippen LogP contribution is -2.30. The highest BCUT2D eigenvalue weighted by Crippen LogP contribution is 2.24. The number of amides is 1. The summed E-state index contributed by atoms with van der Waals surface area (Å²) in [6, 6.07) is 22.7.